The third kappa shape index (κ3) is 6.53. The summed E-state index contributed by atoms with van der Waals surface area (Å²) in [6, 6.07) is 13.4. The first-order chi connectivity index (χ1) is 15.1. The molecule has 0 heterocycles. The Balaban J connectivity index is 1.42. The van der Waals surface area contributed by atoms with Gasteiger partial charge in [-0.3, -0.25) is 0 Å². The Labute approximate surface area is 185 Å². The Morgan fingerprint density at radius 1 is 0.903 bits per heavy atom. The summed E-state index contributed by atoms with van der Waals surface area (Å²) >= 11 is 0. The smallest absolute Gasteiger partial charge is 0.201 e. The van der Waals surface area contributed by atoms with Crippen molar-refractivity contribution < 1.29 is 13.5 Å². The van der Waals surface area contributed by atoms with Gasteiger partial charge in [0.05, 0.1) is 12.2 Å². The van der Waals surface area contributed by atoms with E-state index in [0.29, 0.717) is 18.4 Å². The Hall–Kier alpha value is -2.41. The van der Waals surface area contributed by atoms with Gasteiger partial charge in [-0.1, -0.05) is 56.9 Å². The maximum Gasteiger partial charge on any atom is 0.201 e. The summed E-state index contributed by atoms with van der Waals surface area (Å²) in [5.74, 6) is -1.40. The third-order valence-electron chi connectivity index (χ3n) is 6.51. The molecule has 1 fully saturated rings. The van der Waals surface area contributed by atoms with Crippen LogP contribution in [0, 0.1) is 28.9 Å². The second-order valence-electron chi connectivity index (χ2n) is 8.79. The summed E-state index contributed by atoms with van der Waals surface area (Å²) in [6.45, 7) is 2.63. The SMILES string of the molecule is CCCCCCCc1ccc(C2CCC(COc3ccc(C#N)c(F)c3F)CC2)cc1. The van der Waals surface area contributed by atoms with E-state index in [1.807, 2.05) is 0 Å². The molecule has 0 spiro atoms. The minimum absolute atomic E-state index is 0.107. The van der Waals surface area contributed by atoms with Gasteiger partial charge in [-0.05, 0) is 73.6 Å². The van der Waals surface area contributed by atoms with Crippen LogP contribution in [0.2, 0.25) is 0 Å². The molecule has 0 amide bonds. The molecule has 0 bridgehead atoms. The zero-order valence-corrected chi connectivity index (χ0v) is 18.5. The highest BCUT2D eigenvalue weighted by atomic mass is 19.2. The van der Waals surface area contributed by atoms with Gasteiger partial charge >= 0.3 is 0 Å². The normalized spacial score (nSPS) is 18.5. The van der Waals surface area contributed by atoms with Gasteiger partial charge in [0.1, 0.15) is 6.07 Å². The summed E-state index contributed by atoms with van der Waals surface area (Å²) < 4.78 is 33.3. The summed E-state index contributed by atoms with van der Waals surface area (Å²) in [6.07, 6.45) is 11.9. The standard InChI is InChI=1S/C27H33F2NO/c1-2-3-4-5-6-7-20-8-12-22(13-9-20)23-14-10-21(11-15-23)19-31-25-17-16-24(18-30)26(28)27(25)29/h8-9,12-13,16-17,21,23H,2-7,10-11,14-15,19H2,1H3. The molecule has 1 aliphatic rings. The molecule has 2 aromatic rings. The number of ether oxygens (including phenoxy) is 1. The Bertz CT molecular complexity index is 864. The van der Waals surface area contributed by atoms with Crippen LogP contribution in [-0.4, -0.2) is 6.61 Å². The van der Waals surface area contributed by atoms with Gasteiger partial charge in [0.25, 0.3) is 0 Å². The number of aryl methyl sites for hydroxylation is 1. The average molecular weight is 426 g/mol. The zero-order valence-electron chi connectivity index (χ0n) is 18.5. The van der Waals surface area contributed by atoms with Crippen LogP contribution in [0.5, 0.6) is 5.75 Å². The van der Waals surface area contributed by atoms with Crippen molar-refractivity contribution >= 4 is 0 Å². The highest BCUT2D eigenvalue weighted by Gasteiger charge is 2.23. The molecule has 31 heavy (non-hydrogen) atoms. The number of halogens is 2. The monoisotopic (exact) mass is 425 g/mol. The van der Waals surface area contributed by atoms with Crippen LogP contribution < -0.4 is 4.74 Å². The van der Waals surface area contributed by atoms with Crippen LogP contribution in [0.4, 0.5) is 8.78 Å². The lowest BCUT2D eigenvalue weighted by atomic mass is 9.79. The number of hydrogen-bond donors (Lipinski definition) is 0. The lowest BCUT2D eigenvalue weighted by Gasteiger charge is -2.29. The van der Waals surface area contributed by atoms with Crippen molar-refractivity contribution in [2.75, 3.05) is 6.61 Å². The number of hydrogen-bond acceptors (Lipinski definition) is 2. The van der Waals surface area contributed by atoms with E-state index in [0.717, 1.165) is 25.7 Å². The van der Waals surface area contributed by atoms with E-state index in [-0.39, 0.29) is 11.3 Å². The second kappa shape index (κ2) is 11.8. The maximum absolute atomic E-state index is 14.0. The molecule has 0 unspecified atom stereocenters. The van der Waals surface area contributed by atoms with Gasteiger partial charge in [-0.15, -0.1) is 0 Å². The Morgan fingerprint density at radius 3 is 2.29 bits per heavy atom. The van der Waals surface area contributed by atoms with Gasteiger partial charge in [-0.2, -0.15) is 9.65 Å². The third-order valence-corrected chi connectivity index (χ3v) is 6.51. The van der Waals surface area contributed by atoms with E-state index in [9.17, 15) is 8.78 Å². The number of rotatable bonds is 10. The van der Waals surface area contributed by atoms with Gasteiger partial charge in [-0.25, -0.2) is 4.39 Å². The molecule has 0 atom stereocenters. The second-order valence-corrected chi connectivity index (χ2v) is 8.79. The van der Waals surface area contributed by atoms with Gasteiger partial charge in [0, 0.05) is 0 Å². The van der Waals surface area contributed by atoms with Crippen molar-refractivity contribution in [1.29, 1.82) is 5.26 Å². The largest absolute Gasteiger partial charge is 0.490 e. The molecule has 0 saturated heterocycles. The minimum atomic E-state index is -1.13. The Kier molecular flexibility index (Phi) is 8.88. The maximum atomic E-state index is 14.0. The quantitative estimate of drug-likeness (QED) is 0.365. The molecule has 4 heteroatoms. The lowest BCUT2D eigenvalue weighted by Crippen LogP contribution is -2.19. The predicted molar refractivity (Wildman–Crippen MR) is 120 cm³/mol. The van der Waals surface area contributed by atoms with E-state index in [4.69, 9.17) is 10.00 Å². The average Bonchev–Trinajstić information content (AvgIpc) is 2.81. The highest BCUT2D eigenvalue weighted by Crippen LogP contribution is 2.36. The van der Waals surface area contributed by atoms with Gasteiger partial charge in [0.15, 0.2) is 11.6 Å². The summed E-state index contributed by atoms with van der Waals surface area (Å²) in [5, 5.41) is 8.77. The number of nitriles is 1. The van der Waals surface area contributed by atoms with E-state index < -0.39 is 11.6 Å². The summed E-state index contributed by atoms with van der Waals surface area (Å²) in [4.78, 5) is 0. The highest BCUT2D eigenvalue weighted by molar-refractivity contribution is 5.37. The first-order valence-electron chi connectivity index (χ1n) is 11.7. The van der Waals surface area contributed by atoms with Crippen molar-refractivity contribution in [3.8, 4) is 11.8 Å². The first-order valence-corrected chi connectivity index (χ1v) is 11.7. The molecular formula is C27H33F2NO. The fourth-order valence-corrected chi connectivity index (χ4v) is 4.49. The van der Waals surface area contributed by atoms with Crippen LogP contribution in [-0.2, 0) is 6.42 Å². The van der Waals surface area contributed by atoms with Crippen LogP contribution in [0.3, 0.4) is 0 Å². The van der Waals surface area contributed by atoms with Gasteiger partial charge < -0.3 is 4.74 Å². The van der Waals surface area contributed by atoms with Crippen molar-refractivity contribution in [2.24, 2.45) is 5.92 Å². The number of benzene rings is 2. The topological polar surface area (TPSA) is 33.0 Å². The van der Waals surface area contributed by atoms with Crippen LogP contribution in [0.15, 0.2) is 36.4 Å². The van der Waals surface area contributed by atoms with E-state index in [1.165, 1.54) is 61.8 Å². The predicted octanol–water partition coefficient (Wildman–Crippen LogP) is 7.70. The van der Waals surface area contributed by atoms with Gasteiger partial charge in [0.2, 0.25) is 5.82 Å². The molecule has 1 saturated carbocycles. The number of nitrogens with zero attached hydrogens (tertiary/aromatic N) is 1. The molecule has 166 valence electrons. The molecule has 0 radical (unpaired) electrons. The van der Waals surface area contributed by atoms with Crippen molar-refractivity contribution in [1.82, 2.24) is 0 Å². The van der Waals surface area contributed by atoms with Crippen LogP contribution in [0.1, 0.15) is 87.3 Å². The number of unbranched alkanes of at least 4 members (excludes halogenated alkanes) is 4. The Morgan fingerprint density at radius 2 is 1.61 bits per heavy atom. The first kappa shape index (κ1) is 23.3. The van der Waals surface area contributed by atoms with Crippen LogP contribution >= 0.6 is 0 Å². The molecule has 0 N–H and O–H groups in total. The van der Waals surface area contributed by atoms with Crippen LogP contribution in [0.25, 0.3) is 0 Å². The molecule has 3 rings (SSSR count). The minimum Gasteiger partial charge on any atom is -0.490 e. The van der Waals surface area contributed by atoms with E-state index in [2.05, 4.69) is 31.2 Å². The molecule has 2 nitrogen and oxygen atoms in total. The fourth-order valence-electron chi connectivity index (χ4n) is 4.49. The molecule has 1 aliphatic carbocycles. The van der Waals surface area contributed by atoms with E-state index in [1.54, 1.807) is 6.07 Å². The van der Waals surface area contributed by atoms with Crippen molar-refractivity contribution in [3.05, 3.63) is 64.7 Å². The van der Waals surface area contributed by atoms with E-state index >= 15 is 0 Å². The fraction of sp³-hybridized carbons (Fsp3) is 0.519. The molecule has 2 aromatic carbocycles. The van der Waals surface area contributed by atoms with Crippen molar-refractivity contribution in [2.45, 2.75) is 77.0 Å². The zero-order chi connectivity index (χ0) is 22.1. The lowest BCUT2D eigenvalue weighted by molar-refractivity contribution is 0.192. The molecular weight excluding hydrogens is 392 g/mol. The molecule has 0 aromatic heterocycles. The molecule has 0 aliphatic heterocycles. The summed E-state index contributed by atoms with van der Waals surface area (Å²) in [7, 11) is 0. The van der Waals surface area contributed by atoms with Crippen molar-refractivity contribution in [3.63, 3.8) is 0 Å². The summed E-state index contributed by atoms with van der Waals surface area (Å²) in [5.41, 5.74) is 2.54.